The Morgan fingerprint density at radius 3 is 2.42 bits per heavy atom. The number of carboxylic acid groups (broad SMARTS) is 1. The quantitative estimate of drug-likeness (QED) is 0.295. The van der Waals surface area contributed by atoms with E-state index in [1.54, 1.807) is 24.3 Å². The highest BCUT2D eigenvalue weighted by molar-refractivity contribution is 6.00. The molecule has 1 heterocycles. The normalized spacial score (nSPS) is 11.7. The second kappa shape index (κ2) is 12.5. The minimum Gasteiger partial charge on any atom is -0.481 e. The lowest BCUT2D eigenvalue weighted by atomic mass is 10.0. The molecule has 0 aliphatic heterocycles. The van der Waals surface area contributed by atoms with E-state index in [0.717, 1.165) is 16.8 Å². The van der Waals surface area contributed by atoms with Crippen LogP contribution in [0.15, 0.2) is 59.1 Å². The van der Waals surface area contributed by atoms with Crippen LogP contribution in [0, 0.1) is 12.8 Å². The molecule has 2 aromatic carbocycles. The van der Waals surface area contributed by atoms with Gasteiger partial charge in [-0.15, -0.1) is 0 Å². The van der Waals surface area contributed by atoms with Gasteiger partial charge < -0.3 is 25.5 Å². The molecule has 36 heavy (non-hydrogen) atoms. The van der Waals surface area contributed by atoms with Gasteiger partial charge in [-0.2, -0.15) is 0 Å². The molecule has 0 aliphatic carbocycles. The Morgan fingerprint density at radius 2 is 1.75 bits per heavy atom. The lowest BCUT2D eigenvalue weighted by Gasteiger charge is -2.18. The van der Waals surface area contributed by atoms with Crippen LogP contribution in [-0.2, 0) is 22.4 Å². The minimum absolute atomic E-state index is 0.0474. The SMILES string of the molecule is Cc1ccccc1NC(=O)Nc1ccc(CC(=O)N[C@@H](CC(C)C)c2ncc(CCC(=O)O)o2)cc1. The maximum Gasteiger partial charge on any atom is 0.323 e. The van der Waals surface area contributed by atoms with E-state index in [0.29, 0.717) is 23.8 Å². The number of aliphatic carboxylic acids is 1. The van der Waals surface area contributed by atoms with Crippen LogP contribution >= 0.6 is 0 Å². The molecule has 1 atom stereocenters. The Bertz CT molecular complexity index is 1190. The third kappa shape index (κ3) is 8.26. The number of oxazole rings is 1. The summed E-state index contributed by atoms with van der Waals surface area (Å²) < 4.78 is 5.72. The van der Waals surface area contributed by atoms with E-state index in [4.69, 9.17) is 9.52 Å². The number of nitrogens with one attached hydrogen (secondary N) is 3. The first kappa shape index (κ1) is 26.5. The van der Waals surface area contributed by atoms with Crippen LogP contribution in [0.5, 0.6) is 0 Å². The molecule has 1 aromatic heterocycles. The fourth-order valence-electron chi connectivity index (χ4n) is 3.66. The highest BCUT2D eigenvalue weighted by atomic mass is 16.4. The number of amides is 3. The fourth-order valence-corrected chi connectivity index (χ4v) is 3.66. The van der Waals surface area contributed by atoms with Crippen LogP contribution in [-0.4, -0.2) is 28.0 Å². The minimum atomic E-state index is -0.909. The second-order valence-corrected chi connectivity index (χ2v) is 9.08. The van der Waals surface area contributed by atoms with Crippen molar-refractivity contribution in [3.8, 4) is 0 Å². The first-order valence-electron chi connectivity index (χ1n) is 11.9. The predicted octanol–water partition coefficient (Wildman–Crippen LogP) is 5.09. The summed E-state index contributed by atoms with van der Waals surface area (Å²) in [6, 6.07) is 13.8. The number of hydrogen-bond donors (Lipinski definition) is 4. The maximum atomic E-state index is 12.8. The second-order valence-electron chi connectivity index (χ2n) is 9.08. The molecular formula is C27H32N4O5. The van der Waals surface area contributed by atoms with Gasteiger partial charge in [-0.3, -0.25) is 9.59 Å². The van der Waals surface area contributed by atoms with Crippen molar-refractivity contribution in [3.63, 3.8) is 0 Å². The number of carbonyl (C=O) groups is 3. The molecule has 0 bridgehead atoms. The van der Waals surface area contributed by atoms with Crippen LogP contribution in [0.2, 0.25) is 0 Å². The van der Waals surface area contributed by atoms with Gasteiger partial charge in [0.15, 0.2) is 0 Å². The van der Waals surface area contributed by atoms with E-state index < -0.39 is 12.0 Å². The van der Waals surface area contributed by atoms with E-state index in [-0.39, 0.29) is 37.1 Å². The summed E-state index contributed by atoms with van der Waals surface area (Å²) in [5, 5.41) is 17.4. The molecule has 3 rings (SSSR count). The number of anilines is 2. The first-order valence-corrected chi connectivity index (χ1v) is 11.9. The molecule has 4 N–H and O–H groups in total. The molecule has 3 aromatic rings. The average Bonchev–Trinajstić information content (AvgIpc) is 3.29. The summed E-state index contributed by atoms with van der Waals surface area (Å²) in [7, 11) is 0. The molecule has 3 amide bonds. The Kier molecular flexibility index (Phi) is 9.21. The Hall–Kier alpha value is -4.14. The highest BCUT2D eigenvalue weighted by Gasteiger charge is 2.21. The molecule has 0 saturated heterocycles. The van der Waals surface area contributed by atoms with Gasteiger partial charge in [0.25, 0.3) is 0 Å². The predicted molar refractivity (Wildman–Crippen MR) is 137 cm³/mol. The summed E-state index contributed by atoms with van der Waals surface area (Å²) >= 11 is 0. The summed E-state index contributed by atoms with van der Waals surface area (Å²) in [6.07, 6.45) is 2.49. The van der Waals surface area contributed by atoms with Crippen molar-refractivity contribution in [2.45, 2.75) is 52.5 Å². The lowest BCUT2D eigenvalue weighted by Crippen LogP contribution is -2.31. The van der Waals surface area contributed by atoms with Crippen molar-refractivity contribution >= 4 is 29.3 Å². The maximum absolute atomic E-state index is 12.8. The number of carbonyl (C=O) groups excluding carboxylic acids is 2. The molecular weight excluding hydrogens is 460 g/mol. The lowest BCUT2D eigenvalue weighted by molar-refractivity contribution is -0.137. The summed E-state index contributed by atoms with van der Waals surface area (Å²) in [4.78, 5) is 40.1. The number of urea groups is 1. The molecule has 9 nitrogen and oxygen atoms in total. The zero-order valence-corrected chi connectivity index (χ0v) is 20.7. The molecule has 0 radical (unpaired) electrons. The number of rotatable bonds is 11. The van der Waals surface area contributed by atoms with Gasteiger partial charge >= 0.3 is 12.0 Å². The van der Waals surface area contributed by atoms with Gasteiger partial charge in [0, 0.05) is 17.8 Å². The van der Waals surface area contributed by atoms with Crippen LogP contribution in [0.4, 0.5) is 16.2 Å². The highest BCUT2D eigenvalue weighted by Crippen LogP contribution is 2.22. The topological polar surface area (TPSA) is 134 Å². The largest absolute Gasteiger partial charge is 0.481 e. The van der Waals surface area contributed by atoms with Gasteiger partial charge in [-0.25, -0.2) is 9.78 Å². The molecule has 0 unspecified atom stereocenters. The van der Waals surface area contributed by atoms with Crippen molar-refractivity contribution in [2.24, 2.45) is 5.92 Å². The van der Waals surface area contributed by atoms with Gasteiger partial charge in [0.05, 0.1) is 19.0 Å². The van der Waals surface area contributed by atoms with Gasteiger partial charge in [0.1, 0.15) is 11.8 Å². The number of aryl methyl sites for hydroxylation is 2. The third-order valence-corrected chi connectivity index (χ3v) is 5.47. The Balaban J connectivity index is 1.56. The smallest absolute Gasteiger partial charge is 0.323 e. The number of aromatic nitrogens is 1. The van der Waals surface area contributed by atoms with E-state index >= 15 is 0 Å². The number of carboxylic acids is 1. The van der Waals surface area contributed by atoms with Gasteiger partial charge in [0.2, 0.25) is 11.8 Å². The number of benzene rings is 2. The van der Waals surface area contributed by atoms with Gasteiger partial charge in [-0.1, -0.05) is 44.2 Å². The molecule has 0 saturated carbocycles. The van der Waals surface area contributed by atoms with Crippen LogP contribution in [0.1, 0.15) is 55.5 Å². The monoisotopic (exact) mass is 492 g/mol. The van der Waals surface area contributed by atoms with Crippen LogP contribution in [0.25, 0.3) is 0 Å². The molecule has 0 aliphatic rings. The van der Waals surface area contributed by atoms with Crippen molar-refractivity contribution < 1.29 is 23.9 Å². The number of hydrogen-bond acceptors (Lipinski definition) is 5. The van der Waals surface area contributed by atoms with Crippen molar-refractivity contribution in [1.29, 1.82) is 0 Å². The third-order valence-electron chi connectivity index (χ3n) is 5.47. The molecule has 0 fully saturated rings. The standard InChI is InChI=1S/C27H32N4O5/c1-17(2)14-23(26-28-16-21(36-26)12-13-25(33)34)30-24(32)15-19-8-10-20(11-9-19)29-27(35)31-22-7-5-4-6-18(22)3/h4-11,16-17,23H,12-15H2,1-3H3,(H,30,32)(H,33,34)(H2,29,31,35)/t23-/m0/s1. The number of para-hydroxylation sites is 1. The Labute approximate surface area is 210 Å². The van der Waals surface area contributed by atoms with E-state index in [1.807, 2.05) is 45.0 Å². The van der Waals surface area contributed by atoms with Crippen molar-refractivity contribution in [3.05, 3.63) is 77.5 Å². The Morgan fingerprint density at radius 1 is 1.03 bits per heavy atom. The zero-order chi connectivity index (χ0) is 26.1. The fraction of sp³-hybridized carbons (Fsp3) is 0.333. The molecule has 190 valence electrons. The summed E-state index contributed by atoms with van der Waals surface area (Å²) in [6.45, 7) is 5.99. The van der Waals surface area contributed by atoms with E-state index in [1.165, 1.54) is 6.20 Å². The number of nitrogens with zero attached hydrogens (tertiary/aromatic N) is 1. The summed E-state index contributed by atoms with van der Waals surface area (Å²) in [5.41, 5.74) is 3.09. The van der Waals surface area contributed by atoms with Crippen LogP contribution < -0.4 is 16.0 Å². The molecule has 9 heteroatoms. The summed E-state index contributed by atoms with van der Waals surface area (Å²) in [5.74, 6) is 0.0273. The van der Waals surface area contributed by atoms with Crippen molar-refractivity contribution in [2.75, 3.05) is 10.6 Å². The van der Waals surface area contributed by atoms with E-state index in [2.05, 4.69) is 20.9 Å². The van der Waals surface area contributed by atoms with Crippen molar-refractivity contribution in [1.82, 2.24) is 10.3 Å². The molecule has 0 spiro atoms. The van der Waals surface area contributed by atoms with Gasteiger partial charge in [-0.05, 0) is 48.6 Å². The average molecular weight is 493 g/mol. The van der Waals surface area contributed by atoms with E-state index in [9.17, 15) is 14.4 Å². The first-order chi connectivity index (χ1) is 17.2. The zero-order valence-electron chi connectivity index (χ0n) is 20.7. The van der Waals surface area contributed by atoms with Crippen LogP contribution in [0.3, 0.4) is 0 Å².